The molecule has 4 rings (SSSR count). The van der Waals surface area contributed by atoms with Crippen molar-refractivity contribution in [2.75, 3.05) is 6.54 Å². The second-order valence-electron chi connectivity index (χ2n) is 6.33. The van der Waals surface area contributed by atoms with E-state index in [4.69, 9.17) is 10.2 Å². The standard InChI is InChI=1S/C20H18N2O3/c21-19(23)15-7-8-16-12-22(9-3-5-13(16)10-15)20(24)18-11-14-4-1-2-6-17(14)25-18/h1-2,4,6-8,10-11H,3,5,9,12H2,(H2,21,23). The minimum absolute atomic E-state index is 0.108. The Kier molecular flexibility index (Phi) is 3.76. The highest BCUT2D eigenvalue weighted by Crippen LogP contribution is 2.24. The van der Waals surface area contributed by atoms with Crippen molar-refractivity contribution in [1.82, 2.24) is 4.90 Å². The first-order chi connectivity index (χ1) is 12.1. The molecule has 1 aliphatic heterocycles. The smallest absolute Gasteiger partial charge is 0.289 e. The number of hydrogen-bond donors (Lipinski definition) is 1. The highest BCUT2D eigenvalue weighted by Gasteiger charge is 2.23. The van der Waals surface area contributed by atoms with E-state index in [-0.39, 0.29) is 5.91 Å². The Morgan fingerprint density at radius 3 is 2.68 bits per heavy atom. The number of nitrogens with zero attached hydrogens (tertiary/aromatic N) is 1. The van der Waals surface area contributed by atoms with E-state index in [1.165, 1.54) is 0 Å². The van der Waals surface area contributed by atoms with Gasteiger partial charge in [-0.15, -0.1) is 0 Å². The Bertz CT molecular complexity index is 941. The summed E-state index contributed by atoms with van der Waals surface area (Å²) in [6.07, 6.45) is 1.65. The predicted molar refractivity (Wildman–Crippen MR) is 94.2 cm³/mol. The molecule has 2 N–H and O–H groups in total. The van der Waals surface area contributed by atoms with Crippen LogP contribution in [0.3, 0.4) is 0 Å². The molecule has 1 aromatic heterocycles. The highest BCUT2D eigenvalue weighted by molar-refractivity contribution is 5.96. The lowest BCUT2D eigenvalue weighted by atomic mass is 10.0. The number of hydrogen-bond acceptors (Lipinski definition) is 3. The minimum atomic E-state index is -0.428. The number of nitrogens with two attached hydrogens (primary N) is 1. The van der Waals surface area contributed by atoms with E-state index in [1.807, 2.05) is 36.4 Å². The van der Waals surface area contributed by atoms with Gasteiger partial charge in [-0.2, -0.15) is 0 Å². The summed E-state index contributed by atoms with van der Waals surface area (Å²) >= 11 is 0. The predicted octanol–water partition coefficient (Wildman–Crippen LogP) is 3.12. The van der Waals surface area contributed by atoms with Crippen LogP contribution in [0.25, 0.3) is 11.0 Å². The van der Waals surface area contributed by atoms with Crippen molar-refractivity contribution in [3.8, 4) is 0 Å². The van der Waals surface area contributed by atoms with Crippen LogP contribution in [0.5, 0.6) is 0 Å². The van der Waals surface area contributed by atoms with Crippen molar-refractivity contribution < 1.29 is 14.0 Å². The molecule has 0 fully saturated rings. The topological polar surface area (TPSA) is 76.5 Å². The SMILES string of the molecule is NC(=O)c1ccc2c(c1)CCCN(C(=O)c1cc3ccccc3o1)C2. The molecule has 25 heavy (non-hydrogen) atoms. The van der Waals surface area contributed by atoms with E-state index >= 15 is 0 Å². The summed E-state index contributed by atoms with van der Waals surface area (Å²) in [6.45, 7) is 1.15. The van der Waals surface area contributed by atoms with Gasteiger partial charge < -0.3 is 15.1 Å². The second-order valence-corrected chi connectivity index (χ2v) is 6.33. The molecule has 0 saturated heterocycles. The molecular formula is C20H18N2O3. The van der Waals surface area contributed by atoms with Crippen LogP contribution >= 0.6 is 0 Å². The number of fused-ring (bicyclic) bond motifs is 2. The van der Waals surface area contributed by atoms with Gasteiger partial charge >= 0.3 is 0 Å². The molecule has 5 nitrogen and oxygen atoms in total. The lowest BCUT2D eigenvalue weighted by molar-refractivity contribution is 0.0716. The molecule has 0 bridgehead atoms. The van der Waals surface area contributed by atoms with Crippen molar-refractivity contribution in [2.24, 2.45) is 5.73 Å². The number of primary amides is 1. The molecule has 0 atom stereocenters. The van der Waals surface area contributed by atoms with E-state index in [0.717, 1.165) is 29.4 Å². The number of carbonyl (C=O) groups is 2. The third kappa shape index (κ3) is 2.89. The Hall–Kier alpha value is -3.08. The average molecular weight is 334 g/mol. The van der Waals surface area contributed by atoms with Crippen molar-refractivity contribution in [2.45, 2.75) is 19.4 Å². The van der Waals surface area contributed by atoms with E-state index in [9.17, 15) is 9.59 Å². The summed E-state index contributed by atoms with van der Waals surface area (Å²) in [5, 5.41) is 0.923. The van der Waals surface area contributed by atoms with Gasteiger partial charge in [0.2, 0.25) is 5.91 Å². The van der Waals surface area contributed by atoms with Gasteiger partial charge in [0.05, 0.1) is 0 Å². The summed E-state index contributed by atoms with van der Waals surface area (Å²) in [4.78, 5) is 26.0. The van der Waals surface area contributed by atoms with Crippen LogP contribution in [0.4, 0.5) is 0 Å². The van der Waals surface area contributed by atoms with Crippen molar-refractivity contribution in [1.29, 1.82) is 0 Å². The quantitative estimate of drug-likeness (QED) is 0.782. The van der Waals surface area contributed by atoms with Crippen molar-refractivity contribution in [3.63, 3.8) is 0 Å². The second kappa shape index (κ2) is 6.09. The number of furan rings is 1. The summed E-state index contributed by atoms with van der Waals surface area (Å²) in [6, 6.07) is 14.8. The highest BCUT2D eigenvalue weighted by atomic mass is 16.3. The fourth-order valence-corrected chi connectivity index (χ4v) is 3.33. The van der Waals surface area contributed by atoms with E-state index in [1.54, 1.807) is 17.0 Å². The van der Waals surface area contributed by atoms with Gasteiger partial charge in [0.25, 0.3) is 5.91 Å². The first kappa shape index (κ1) is 15.4. The van der Waals surface area contributed by atoms with Crippen LogP contribution in [0.15, 0.2) is 52.9 Å². The molecule has 3 aromatic rings. The van der Waals surface area contributed by atoms with Crippen LogP contribution in [-0.2, 0) is 13.0 Å². The average Bonchev–Trinajstić information content (AvgIpc) is 2.93. The van der Waals surface area contributed by atoms with E-state index in [2.05, 4.69) is 0 Å². The third-order valence-electron chi connectivity index (χ3n) is 4.65. The normalized spacial score (nSPS) is 14.2. The van der Waals surface area contributed by atoms with Crippen LogP contribution in [0, 0.1) is 0 Å². The number of para-hydroxylation sites is 1. The molecule has 126 valence electrons. The van der Waals surface area contributed by atoms with Crippen LogP contribution in [-0.4, -0.2) is 23.3 Å². The maximum Gasteiger partial charge on any atom is 0.289 e. The Balaban J connectivity index is 1.62. The first-order valence-corrected chi connectivity index (χ1v) is 8.31. The van der Waals surface area contributed by atoms with Crippen molar-refractivity contribution >= 4 is 22.8 Å². The maximum atomic E-state index is 12.9. The lowest BCUT2D eigenvalue weighted by Gasteiger charge is -2.19. The number of benzene rings is 2. The molecule has 0 saturated carbocycles. The molecule has 2 aromatic carbocycles. The van der Waals surface area contributed by atoms with E-state index in [0.29, 0.717) is 30.0 Å². The number of rotatable bonds is 2. The molecular weight excluding hydrogens is 316 g/mol. The number of carbonyl (C=O) groups excluding carboxylic acids is 2. The van der Waals surface area contributed by atoms with Gasteiger partial charge in [-0.1, -0.05) is 24.3 Å². The van der Waals surface area contributed by atoms with Gasteiger partial charge in [-0.05, 0) is 48.2 Å². The molecule has 0 radical (unpaired) electrons. The maximum absolute atomic E-state index is 12.9. The molecule has 1 aliphatic rings. The molecule has 2 heterocycles. The van der Waals surface area contributed by atoms with Crippen LogP contribution < -0.4 is 5.73 Å². The van der Waals surface area contributed by atoms with Crippen LogP contribution in [0.2, 0.25) is 0 Å². The van der Waals surface area contributed by atoms with E-state index < -0.39 is 5.91 Å². The molecule has 2 amide bonds. The van der Waals surface area contributed by atoms with Gasteiger partial charge in [-0.3, -0.25) is 9.59 Å². The van der Waals surface area contributed by atoms with Gasteiger partial charge in [0.1, 0.15) is 5.58 Å². The Labute approximate surface area is 145 Å². The zero-order valence-corrected chi connectivity index (χ0v) is 13.7. The zero-order chi connectivity index (χ0) is 17.4. The van der Waals surface area contributed by atoms with Crippen LogP contribution in [0.1, 0.15) is 38.5 Å². The minimum Gasteiger partial charge on any atom is -0.451 e. The largest absolute Gasteiger partial charge is 0.451 e. The Morgan fingerprint density at radius 2 is 1.88 bits per heavy atom. The third-order valence-corrected chi connectivity index (χ3v) is 4.65. The molecule has 0 unspecified atom stereocenters. The monoisotopic (exact) mass is 334 g/mol. The summed E-state index contributed by atoms with van der Waals surface area (Å²) in [5.41, 5.74) is 8.71. The number of amides is 2. The Morgan fingerprint density at radius 1 is 1.04 bits per heavy atom. The summed E-state index contributed by atoms with van der Waals surface area (Å²) < 4.78 is 5.71. The van der Waals surface area contributed by atoms with Gasteiger partial charge in [-0.25, -0.2) is 0 Å². The summed E-state index contributed by atoms with van der Waals surface area (Å²) in [5.74, 6) is -0.177. The first-order valence-electron chi connectivity index (χ1n) is 8.31. The molecule has 0 spiro atoms. The van der Waals surface area contributed by atoms with Gasteiger partial charge in [0, 0.05) is 24.0 Å². The lowest BCUT2D eigenvalue weighted by Crippen LogP contribution is -2.30. The van der Waals surface area contributed by atoms with Crippen molar-refractivity contribution in [3.05, 3.63) is 71.0 Å². The zero-order valence-electron chi connectivity index (χ0n) is 13.7. The fourth-order valence-electron chi connectivity index (χ4n) is 3.33. The van der Waals surface area contributed by atoms with Gasteiger partial charge in [0.15, 0.2) is 5.76 Å². The number of aryl methyl sites for hydroxylation is 1. The fraction of sp³-hybridized carbons (Fsp3) is 0.200. The summed E-state index contributed by atoms with van der Waals surface area (Å²) in [7, 11) is 0. The molecule has 0 aliphatic carbocycles. The molecule has 5 heteroatoms.